The van der Waals surface area contributed by atoms with Gasteiger partial charge in [0.1, 0.15) is 0 Å². The molecule has 3 rings (SSSR count). The Morgan fingerprint density at radius 1 is 1.24 bits per heavy atom. The lowest BCUT2D eigenvalue weighted by atomic mass is 10.0. The van der Waals surface area contributed by atoms with E-state index >= 15 is 0 Å². The maximum Gasteiger partial charge on any atom is 0.238 e. The van der Waals surface area contributed by atoms with E-state index in [-0.39, 0.29) is 16.6 Å². The van der Waals surface area contributed by atoms with Crippen molar-refractivity contribution < 1.29 is 13.2 Å². The molecule has 0 bridgehead atoms. The minimum Gasteiger partial charge on any atom is -0.325 e. The second-order valence-electron chi connectivity index (χ2n) is 6.91. The van der Waals surface area contributed by atoms with Crippen LogP contribution in [0.5, 0.6) is 0 Å². The van der Waals surface area contributed by atoms with E-state index in [9.17, 15) is 13.2 Å². The number of rotatable bonds is 7. The van der Waals surface area contributed by atoms with Gasteiger partial charge in [0, 0.05) is 12.2 Å². The average molecular weight is 433 g/mol. The van der Waals surface area contributed by atoms with Crippen molar-refractivity contribution in [3.05, 3.63) is 48.0 Å². The van der Waals surface area contributed by atoms with Gasteiger partial charge in [0.15, 0.2) is 5.16 Å². The third-order valence-electron chi connectivity index (χ3n) is 4.52. The van der Waals surface area contributed by atoms with Crippen molar-refractivity contribution in [3.63, 3.8) is 0 Å². The van der Waals surface area contributed by atoms with Gasteiger partial charge < -0.3 is 9.88 Å². The summed E-state index contributed by atoms with van der Waals surface area (Å²) in [5.41, 5.74) is 3.23. The first kappa shape index (κ1) is 21.4. The molecule has 0 saturated carbocycles. The molecule has 0 unspecified atom stereocenters. The molecular weight excluding hydrogens is 408 g/mol. The second-order valence-corrected chi connectivity index (χ2v) is 9.42. The molecule has 3 N–H and O–H groups in total. The van der Waals surface area contributed by atoms with Gasteiger partial charge in [-0.3, -0.25) is 4.79 Å². The molecule has 9 heteroatoms. The predicted octanol–water partition coefficient (Wildman–Crippen LogP) is 3.56. The van der Waals surface area contributed by atoms with Crippen molar-refractivity contribution in [1.29, 1.82) is 0 Å². The van der Waals surface area contributed by atoms with Crippen LogP contribution < -0.4 is 10.5 Å². The molecule has 0 aliphatic heterocycles. The molecule has 2 aromatic carbocycles. The number of benzene rings is 2. The van der Waals surface area contributed by atoms with Crippen molar-refractivity contribution in [2.24, 2.45) is 5.14 Å². The van der Waals surface area contributed by atoms with Gasteiger partial charge in [0.25, 0.3) is 0 Å². The highest BCUT2D eigenvalue weighted by Crippen LogP contribution is 2.27. The lowest BCUT2D eigenvalue weighted by Gasteiger charge is -2.13. The standard InChI is InChI=1S/C20H24N4O3S2/c1-4-24-18-10-9-14(29(21,26)27)11-17(18)23-20(24)28-12-19(25)22-16-8-6-5-7-15(16)13(2)3/h5-11,13H,4,12H2,1-3H3,(H,22,25)(H2,21,26,27). The quantitative estimate of drug-likeness (QED) is 0.555. The zero-order valence-electron chi connectivity index (χ0n) is 16.5. The summed E-state index contributed by atoms with van der Waals surface area (Å²) in [5.74, 6) is 0.372. The average Bonchev–Trinajstić information content (AvgIpc) is 3.02. The van der Waals surface area contributed by atoms with Crippen LogP contribution in [0.25, 0.3) is 11.0 Å². The van der Waals surface area contributed by atoms with Gasteiger partial charge >= 0.3 is 0 Å². The van der Waals surface area contributed by atoms with Crippen molar-refractivity contribution >= 4 is 44.4 Å². The van der Waals surface area contributed by atoms with E-state index in [1.54, 1.807) is 6.07 Å². The van der Waals surface area contributed by atoms with Crippen LogP contribution in [0, 0.1) is 0 Å². The van der Waals surface area contributed by atoms with E-state index in [0.29, 0.717) is 23.1 Å². The van der Waals surface area contributed by atoms with Crippen molar-refractivity contribution in [1.82, 2.24) is 9.55 Å². The number of primary sulfonamides is 1. The summed E-state index contributed by atoms with van der Waals surface area (Å²) in [6.07, 6.45) is 0. The Labute approximate surface area is 174 Å². The fourth-order valence-corrected chi connectivity index (χ4v) is 4.52. The maximum absolute atomic E-state index is 12.5. The fraction of sp³-hybridized carbons (Fsp3) is 0.300. The summed E-state index contributed by atoms with van der Waals surface area (Å²) in [4.78, 5) is 17.0. The summed E-state index contributed by atoms with van der Waals surface area (Å²) in [6, 6.07) is 12.4. The number of thioether (sulfide) groups is 1. The Morgan fingerprint density at radius 3 is 2.62 bits per heavy atom. The zero-order valence-corrected chi connectivity index (χ0v) is 18.2. The highest BCUT2D eigenvalue weighted by atomic mass is 32.2. The Bertz CT molecular complexity index is 1150. The van der Waals surface area contributed by atoms with Gasteiger partial charge in [-0.15, -0.1) is 0 Å². The number of nitrogens with two attached hydrogens (primary N) is 1. The van der Waals surface area contributed by atoms with Crippen LogP contribution in [0.15, 0.2) is 52.5 Å². The molecule has 0 radical (unpaired) electrons. The molecule has 3 aromatic rings. The van der Waals surface area contributed by atoms with Gasteiger partial charge in [-0.05, 0) is 42.7 Å². The number of nitrogens with one attached hydrogen (secondary N) is 1. The van der Waals surface area contributed by atoms with Crippen molar-refractivity contribution in [2.45, 2.75) is 43.3 Å². The third kappa shape index (κ3) is 4.80. The Balaban J connectivity index is 1.79. The van der Waals surface area contributed by atoms with Gasteiger partial charge in [-0.2, -0.15) is 0 Å². The molecule has 0 spiro atoms. The number of carbonyl (C=O) groups excluding carboxylic acids is 1. The SMILES string of the molecule is CCn1c(SCC(=O)Nc2ccccc2C(C)C)nc2cc(S(N)(=O)=O)ccc21. The number of amides is 1. The van der Waals surface area contributed by atoms with E-state index in [4.69, 9.17) is 5.14 Å². The van der Waals surface area contributed by atoms with Crippen LogP contribution in [0.4, 0.5) is 5.69 Å². The largest absolute Gasteiger partial charge is 0.325 e. The van der Waals surface area contributed by atoms with Gasteiger partial charge in [0.05, 0.1) is 21.7 Å². The molecule has 0 aliphatic rings. The van der Waals surface area contributed by atoms with Crippen LogP contribution in [0.1, 0.15) is 32.3 Å². The number of aromatic nitrogens is 2. The van der Waals surface area contributed by atoms with Gasteiger partial charge in [-0.1, -0.05) is 43.8 Å². The number of nitrogens with zero attached hydrogens (tertiary/aromatic N) is 2. The van der Waals surface area contributed by atoms with Gasteiger partial charge in [0.2, 0.25) is 15.9 Å². The first-order valence-electron chi connectivity index (χ1n) is 9.25. The lowest BCUT2D eigenvalue weighted by molar-refractivity contribution is -0.113. The van der Waals surface area contributed by atoms with Crippen molar-refractivity contribution in [2.75, 3.05) is 11.1 Å². The fourth-order valence-electron chi connectivity index (χ4n) is 3.11. The van der Waals surface area contributed by atoms with Crippen molar-refractivity contribution in [3.8, 4) is 0 Å². The number of aryl methyl sites for hydroxylation is 1. The highest BCUT2D eigenvalue weighted by molar-refractivity contribution is 7.99. The van der Waals surface area contributed by atoms with E-state index in [1.165, 1.54) is 23.9 Å². The predicted molar refractivity (Wildman–Crippen MR) is 117 cm³/mol. The molecule has 154 valence electrons. The van der Waals surface area contributed by atoms with Crippen LogP contribution >= 0.6 is 11.8 Å². The normalized spacial score (nSPS) is 11.9. The smallest absolute Gasteiger partial charge is 0.238 e. The minimum absolute atomic E-state index is 0.0188. The van der Waals surface area contributed by atoms with Crippen LogP contribution in [0.2, 0.25) is 0 Å². The number of sulfonamides is 1. The van der Waals surface area contributed by atoms with E-state index in [1.807, 2.05) is 35.8 Å². The highest BCUT2D eigenvalue weighted by Gasteiger charge is 2.16. The molecule has 1 amide bonds. The Kier molecular flexibility index (Phi) is 6.30. The number of hydrogen-bond donors (Lipinski definition) is 2. The number of para-hydroxylation sites is 1. The number of hydrogen-bond acceptors (Lipinski definition) is 5. The first-order valence-corrected chi connectivity index (χ1v) is 11.8. The van der Waals surface area contributed by atoms with E-state index < -0.39 is 10.0 Å². The molecule has 1 aromatic heterocycles. The molecule has 7 nitrogen and oxygen atoms in total. The van der Waals surface area contributed by atoms with Crippen LogP contribution in [-0.4, -0.2) is 29.6 Å². The number of anilines is 1. The van der Waals surface area contributed by atoms with E-state index in [0.717, 1.165) is 16.8 Å². The van der Waals surface area contributed by atoms with E-state index in [2.05, 4.69) is 24.1 Å². The number of imidazole rings is 1. The maximum atomic E-state index is 12.5. The van der Waals surface area contributed by atoms with Crippen LogP contribution in [0.3, 0.4) is 0 Å². The summed E-state index contributed by atoms with van der Waals surface area (Å²) in [5, 5.41) is 8.83. The summed E-state index contributed by atoms with van der Waals surface area (Å²) in [7, 11) is -3.80. The first-order chi connectivity index (χ1) is 13.7. The monoisotopic (exact) mass is 432 g/mol. The Hall–Kier alpha value is -2.36. The zero-order chi connectivity index (χ0) is 21.2. The number of fused-ring (bicyclic) bond motifs is 1. The van der Waals surface area contributed by atoms with Crippen LogP contribution in [-0.2, 0) is 21.4 Å². The molecule has 0 saturated heterocycles. The third-order valence-corrected chi connectivity index (χ3v) is 6.41. The molecule has 0 fully saturated rings. The number of carbonyl (C=O) groups is 1. The lowest BCUT2D eigenvalue weighted by Crippen LogP contribution is -2.16. The Morgan fingerprint density at radius 2 is 1.97 bits per heavy atom. The summed E-state index contributed by atoms with van der Waals surface area (Å²) >= 11 is 1.31. The molecule has 29 heavy (non-hydrogen) atoms. The molecular formula is C20H24N4O3S2. The minimum atomic E-state index is -3.80. The summed E-state index contributed by atoms with van der Waals surface area (Å²) in [6.45, 7) is 6.78. The second kappa shape index (κ2) is 8.56. The summed E-state index contributed by atoms with van der Waals surface area (Å²) < 4.78 is 25.1. The molecule has 1 heterocycles. The molecule has 0 aliphatic carbocycles. The topological polar surface area (TPSA) is 107 Å². The molecule has 0 atom stereocenters. The van der Waals surface area contributed by atoms with Gasteiger partial charge in [-0.25, -0.2) is 18.5 Å².